The van der Waals surface area contributed by atoms with E-state index in [9.17, 15) is 0 Å². The molecule has 0 spiro atoms. The smallest absolute Gasteiger partial charge is 0.145 e. The highest BCUT2D eigenvalue weighted by Gasteiger charge is 2.12. The van der Waals surface area contributed by atoms with Crippen molar-refractivity contribution >= 4 is 29.8 Å². The highest BCUT2D eigenvalue weighted by molar-refractivity contribution is 6.16. The minimum atomic E-state index is 0. The Labute approximate surface area is 100 Å². The molecule has 1 aromatic rings. The van der Waals surface area contributed by atoms with Gasteiger partial charge in [-0.3, -0.25) is 0 Å². The van der Waals surface area contributed by atoms with Gasteiger partial charge in [0.2, 0.25) is 0 Å². The molecular formula is C9H13Cl2N3O. The number of rotatable bonds is 2. The Morgan fingerprint density at radius 1 is 1.40 bits per heavy atom. The third-order valence-corrected chi connectivity index (χ3v) is 2.38. The van der Waals surface area contributed by atoms with Gasteiger partial charge in [0.1, 0.15) is 11.6 Å². The summed E-state index contributed by atoms with van der Waals surface area (Å²) in [6, 6.07) is 1.90. The Morgan fingerprint density at radius 2 is 2.13 bits per heavy atom. The Balaban J connectivity index is 0.00000112. The Morgan fingerprint density at radius 3 is 2.80 bits per heavy atom. The van der Waals surface area contributed by atoms with E-state index >= 15 is 0 Å². The van der Waals surface area contributed by atoms with Gasteiger partial charge in [-0.25, -0.2) is 9.97 Å². The minimum Gasteiger partial charge on any atom is -0.378 e. The average Bonchev–Trinajstić information content (AvgIpc) is 2.30. The summed E-state index contributed by atoms with van der Waals surface area (Å²) in [5.74, 6) is 1.98. The summed E-state index contributed by atoms with van der Waals surface area (Å²) in [6.45, 7) is 3.30. The van der Waals surface area contributed by atoms with Crippen molar-refractivity contribution in [3.05, 3.63) is 18.1 Å². The standard InChI is InChI=1S/C9H12ClN3O.ClH/c10-7-8-11-2-1-9(12-8)13-3-5-14-6-4-13;/h1-2H,3-7H2;1H. The summed E-state index contributed by atoms with van der Waals surface area (Å²) in [5.41, 5.74) is 0. The van der Waals surface area contributed by atoms with Crippen LogP contribution in [0, 0.1) is 0 Å². The van der Waals surface area contributed by atoms with Crippen LogP contribution in [0.25, 0.3) is 0 Å². The van der Waals surface area contributed by atoms with Gasteiger partial charge < -0.3 is 9.64 Å². The number of morpholine rings is 1. The van der Waals surface area contributed by atoms with Gasteiger partial charge in [-0.05, 0) is 6.07 Å². The molecule has 4 nitrogen and oxygen atoms in total. The van der Waals surface area contributed by atoms with E-state index in [-0.39, 0.29) is 12.4 Å². The van der Waals surface area contributed by atoms with Crippen LogP contribution in [0.4, 0.5) is 5.82 Å². The van der Waals surface area contributed by atoms with Gasteiger partial charge in [0, 0.05) is 19.3 Å². The second kappa shape index (κ2) is 6.10. The van der Waals surface area contributed by atoms with Crippen molar-refractivity contribution in [2.75, 3.05) is 31.2 Å². The third kappa shape index (κ3) is 3.19. The molecule has 2 rings (SSSR count). The molecular weight excluding hydrogens is 237 g/mol. The van der Waals surface area contributed by atoms with Crippen LogP contribution in [-0.2, 0) is 10.6 Å². The molecule has 1 aliphatic rings. The van der Waals surface area contributed by atoms with Gasteiger partial charge in [0.05, 0.1) is 19.1 Å². The number of alkyl halides is 1. The van der Waals surface area contributed by atoms with E-state index in [1.54, 1.807) is 6.20 Å². The maximum absolute atomic E-state index is 5.67. The normalized spacial score (nSPS) is 15.9. The number of halogens is 2. The number of nitrogens with zero attached hydrogens (tertiary/aromatic N) is 3. The molecule has 1 aliphatic heterocycles. The van der Waals surface area contributed by atoms with Crippen LogP contribution in [0.1, 0.15) is 5.82 Å². The number of hydrogen-bond donors (Lipinski definition) is 0. The molecule has 0 aliphatic carbocycles. The zero-order valence-corrected chi connectivity index (χ0v) is 9.80. The van der Waals surface area contributed by atoms with Crippen LogP contribution in [0.5, 0.6) is 0 Å². The molecule has 1 fully saturated rings. The van der Waals surface area contributed by atoms with Gasteiger partial charge in [-0.1, -0.05) is 0 Å². The quantitative estimate of drug-likeness (QED) is 0.745. The largest absolute Gasteiger partial charge is 0.378 e. The van der Waals surface area contributed by atoms with E-state index in [1.165, 1.54) is 0 Å². The van der Waals surface area contributed by atoms with Crippen molar-refractivity contribution < 1.29 is 4.74 Å². The summed E-state index contributed by atoms with van der Waals surface area (Å²) in [4.78, 5) is 10.6. The second-order valence-corrected chi connectivity index (χ2v) is 3.33. The van der Waals surface area contributed by atoms with Crippen LogP contribution in [-0.4, -0.2) is 36.3 Å². The maximum Gasteiger partial charge on any atom is 0.145 e. The lowest BCUT2D eigenvalue weighted by atomic mass is 10.4. The molecule has 15 heavy (non-hydrogen) atoms. The van der Waals surface area contributed by atoms with Crippen LogP contribution < -0.4 is 4.90 Å². The first kappa shape index (κ1) is 12.5. The van der Waals surface area contributed by atoms with Crippen molar-refractivity contribution in [1.82, 2.24) is 9.97 Å². The van der Waals surface area contributed by atoms with Crippen LogP contribution in [0.3, 0.4) is 0 Å². The Bertz CT molecular complexity index is 305. The molecule has 0 atom stereocenters. The fourth-order valence-corrected chi connectivity index (χ4v) is 1.55. The average molecular weight is 250 g/mol. The zero-order chi connectivity index (χ0) is 9.80. The summed E-state index contributed by atoms with van der Waals surface area (Å²) in [7, 11) is 0. The Kier molecular flexibility index (Phi) is 5.08. The number of aromatic nitrogens is 2. The van der Waals surface area contributed by atoms with E-state index < -0.39 is 0 Å². The van der Waals surface area contributed by atoms with Crippen molar-refractivity contribution in [3.8, 4) is 0 Å². The molecule has 6 heteroatoms. The van der Waals surface area contributed by atoms with Gasteiger partial charge in [0.15, 0.2) is 0 Å². The molecule has 84 valence electrons. The molecule has 0 radical (unpaired) electrons. The first-order valence-corrected chi connectivity index (χ1v) is 5.14. The van der Waals surface area contributed by atoms with Gasteiger partial charge in [-0.15, -0.1) is 24.0 Å². The van der Waals surface area contributed by atoms with Gasteiger partial charge in [-0.2, -0.15) is 0 Å². The van der Waals surface area contributed by atoms with E-state index in [0.29, 0.717) is 11.7 Å². The number of anilines is 1. The summed E-state index contributed by atoms with van der Waals surface area (Å²) in [6.07, 6.45) is 1.75. The van der Waals surface area contributed by atoms with Gasteiger partial charge in [0.25, 0.3) is 0 Å². The molecule has 0 saturated carbocycles. The lowest BCUT2D eigenvalue weighted by Crippen LogP contribution is -2.36. The lowest BCUT2D eigenvalue weighted by Gasteiger charge is -2.27. The van der Waals surface area contributed by atoms with Gasteiger partial charge >= 0.3 is 0 Å². The lowest BCUT2D eigenvalue weighted by molar-refractivity contribution is 0.122. The monoisotopic (exact) mass is 249 g/mol. The first-order valence-electron chi connectivity index (χ1n) is 4.61. The van der Waals surface area contributed by atoms with Crippen molar-refractivity contribution in [1.29, 1.82) is 0 Å². The molecule has 0 aromatic carbocycles. The predicted octanol–water partition coefficient (Wildman–Crippen LogP) is 1.47. The highest BCUT2D eigenvalue weighted by atomic mass is 35.5. The van der Waals surface area contributed by atoms with E-state index in [1.807, 2.05) is 6.07 Å². The molecule has 2 heterocycles. The van der Waals surface area contributed by atoms with Crippen LogP contribution >= 0.6 is 24.0 Å². The zero-order valence-electron chi connectivity index (χ0n) is 8.23. The summed E-state index contributed by atoms with van der Waals surface area (Å²) < 4.78 is 5.27. The number of hydrogen-bond acceptors (Lipinski definition) is 4. The predicted molar refractivity (Wildman–Crippen MR) is 61.9 cm³/mol. The molecule has 1 saturated heterocycles. The third-order valence-electron chi connectivity index (χ3n) is 2.15. The SMILES string of the molecule is Cl.ClCc1nccc(N2CCOCC2)n1. The molecule has 0 bridgehead atoms. The molecule has 0 N–H and O–H groups in total. The van der Waals surface area contributed by atoms with E-state index in [2.05, 4.69) is 14.9 Å². The molecule has 0 amide bonds. The van der Waals surface area contributed by atoms with Crippen molar-refractivity contribution in [2.45, 2.75) is 5.88 Å². The highest BCUT2D eigenvalue weighted by Crippen LogP contribution is 2.12. The first-order chi connectivity index (χ1) is 6.90. The fraction of sp³-hybridized carbons (Fsp3) is 0.556. The van der Waals surface area contributed by atoms with Crippen molar-refractivity contribution in [2.24, 2.45) is 0 Å². The second-order valence-electron chi connectivity index (χ2n) is 3.06. The summed E-state index contributed by atoms with van der Waals surface area (Å²) >= 11 is 5.67. The maximum atomic E-state index is 5.67. The fourth-order valence-electron chi connectivity index (χ4n) is 1.42. The molecule has 1 aromatic heterocycles. The number of ether oxygens (including phenoxy) is 1. The Hall–Kier alpha value is -0.580. The minimum absolute atomic E-state index is 0. The summed E-state index contributed by atoms with van der Waals surface area (Å²) in [5, 5.41) is 0. The molecule has 0 unspecified atom stereocenters. The van der Waals surface area contributed by atoms with Crippen LogP contribution in [0.15, 0.2) is 12.3 Å². The topological polar surface area (TPSA) is 38.2 Å². The van der Waals surface area contributed by atoms with E-state index in [0.717, 1.165) is 32.1 Å². The van der Waals surface area contributed by atoms with E-state index in [4.69, 9.17) is 16.3 Å². The van der Waals surface area contributed by atoms with Crippen molar-refractivity contribution in [3.63, 3.8) is 0 Å². The van der Waals surface area contributed by atoms with Crippen LogP contribution in [0.2, 0.25) is 0 Å².